The first kappa shape index (κ1) is 18.2. The Labute approximate surface area is 177 Å². The van der Waals surface area contributed by atoms with E-state index in [1.807, 2.05) is 6.07 Å². The van der Waals surface area contributed by atoms with Crippen molar-refractivity contribution in [3.05, 3.63) is 132 Å². The molecule has 0 aliphatic carbocycles. The maximum Gasteiger partial charge on any atom is 0.0701 e. The van der Waals surface area contributed by atoms with Gasteiger partial charge in [0.2, 0.25) is 0 Å². The van der Waals surface area contributed by atoms with E-state index in [1.54, 1.807) is 0 Å². The molecule has 1 N–H and O–H groups in total. The predicted octanol–water partition coefficient (Wildman–Crippen LogP) is 7.86. The molecule has 1 heteroatoms. The average Bonchev–Trinajstić information content (AvgIpc) is 2.82. The van der Waals surface area contributed by atoms with E-state index in [1.165, 1.54) is 32.7 Å². The zero-order chi connectivity index (χ0) is 20.2. The maximum absolute atomic E-state index is 3.79. The summed E-state index contributed by atoms with van der Waals surface area (Å²) in [4.78, 5) is 0. The van der Waals surface area contributed by atoms with E-state index in [4.69, 9.17) is 0 Å². The highest BCUT2D eigenvalue weighted by Gasteiger charge is 2.11. The van der Waals surface area contributed by atoms with Gasteiger partial charge < -0.3 is 5.32 Å². The van der Waals surface area contributed by atoms with Crippen molar-refractivity contribution in [3.8, 4) is 0 Å². The number of hydrogen-bond acceptors (Lipinski definition) is 1. The second kappa shape index (κ2) is 8.26. The van der Waals surface area contributed by atoms with Crippen LogP contribution in [0.1, 0.15) is 17.2 Å². The number of hydrogen-bond donors (Lipinski definition) is 1. The minimum atomic E-state index is 0.0561. The fraction of sp³-hybridized carbons (Fsp3) is 0.0345. The minimum absolute atomic E-state index is 0.0561. The number of nitrogens with one attached hydrogen (secondary N) is 1. The van der Waals surface area contributed by atoms with E-state index in [9.17, 15) is 0 Å². The van der Waals surface area contributed by atoms with E-state index >= 15 is 0 Å². The normalized spacial score (nSPS) is 12.4. The Morgan fingerprint density at radius 2 is 1.27 bits per heavy atom. The molecule has 5 rings (SSSR count). The highest BCUT2D eigenvalue weighted by atomic mass is 14.9. The Bertz CT molecular complexity index is 1310. The molecule has 0 saturated carbocycles. The fourth-order valence-electron chi connectivity index (χ4n) is 3.93. The zero-order valence-corrected chi connectivity index (χ0v) is 16.7. The average molecular weight is 386 g/mol. The standard InChI is InChI=1S/C29H23N/c1-2-9-22(10-3-1)17-20-28(26-19-18-23-11-4-5-13-25(23)21-26)30-29-16-8-14-24-12-6-7-15-27(24)29/h1-21,28,30H. The zero-order valence-electron chi connectivity index (χ0n) is 16.7. The molecule has 1 nitrogen and oxygen atoms in total. The molecule has 1 atom stereocenters. The monoisotopic (exact) mass is 385 g/mol. The number of benzene rings is 5. The van der Waals surface area contributed by atoms with Crippen LogP contribution in [0, 0.1) is 0 Å². The van der Waals surface area contributed by atoms with Crippen molar-refractivity contribution < 1.29 is 0 Å². The second-order valence-electron chi connectivity index (χ2n) is 7.53. The third-order valence-corrected chi connectivity index (χ3v) is 5.51. The van der Waals surface area contributed by atoms with Crippen molar-refractivity contribution >= 4 is 33.3 Å². The van der Waals surface area contributed by atoms with Crippen molar-refractivity contribution in [1.29, 1.82) is 0 Å². The van der Waals surface area contributed by atoms with Crippen molar-refractivity contribution in [2.45, 2.75) is 6.04 Å². The Kier molecular flexibility index (Phi) is 5.01. The molecule has 144 valence electrons. The summed E-state index contributed by atoms with van der Waals surface area (Å²) in [6.45, 7) is 0. The lowest BCUT2D eigenvalue weighted by Gasteiger charge is -2.19. The van der Waals surface area contributed by atoms with Crippen LogP contribution in [0.3, 0.4) is 0 Å². The van der Waals surface area contributed by atoms with Crippen LogP contribution in [-0.2, 0) is 0 Å². The van der Waals surface area contributed by atoms with Crippen LogP contribution in [0.4, 0.5) is 5.69 Å². The molecular weight excluding hydrogens is 362 g/mol. The lowest BCUT2D eigenvalue weighted by atomic mass is 9.99. The molecule has 0 aromatic heterocycles. The molecule has 0 bridgehead atoms. The first-order valence-corrected chi connectivity index (χ1v) is 10.3. The molecular formula is C29H23N. The summed E-state index contributed by atoms with van der Waals surface area (Å²) >= 11 is 0. The smallest absolute Gasteiger partial charge is 0.0701 e. The molecule has 0 heterocycles. The molecule has 0 fully saturated rings. The quantitative estimate of drug-likeness (QED) is 0.325. The van der Waals surface area contributed by atoms with Gasteiger partial charge in [0.1, 0.15) is 0 Å². The summed E-state index contributed by atoms with van der Waals surface area (Å²) in [6, 6.07) is 40.7. The molecule has 5 aromatic carbocycles. The van der Waals surface area contributed by atoms with Crippen LogP contribution in [0.2, 0.25) is 0 Å². The maximum atomic E-state index is 3.79. The number of fused-ring (bicyclic) bond motifs is 2. The summed E-state index contributed by atoms with van der Waals surface area (Å²) in [5, 5.41) is 8.78. The van der Waals surface area contributed by atoms with Gasteiger partial charge in [0.15, 0.2) is 0 Å². The van der Waals surface area contributed by atoms with E-state index in [-0.39, 0.29) is 6.04 Å². The summed E-state index contributed by atoms with van der Waals surface area (Å²) < 4.78 is 0. The van der Waals surface area contributed by atoms with Crippen LogP contribution >= 0.6 is 0 Å². The van der Waals surface area contributed by atoms with E-state index in [2.05, 4.69) is 127 Å². The third kappa shape index (κ3) is 3.83. The molecule has 5 aromatic rings. The van der Waals surface area contributed by atoms with Gasteiger partial charge in [-0.1, -0.05) is 115 Å². The minimum Gasteiger partial charge on any atom is -0.374 e. The predicted molar refractivity (Wildman–Crippen MR) is 130 cm³/mol. The van der Waals surface area contributed by atoms with Gasteiger partial charge in [-0.25, -0.2) is 0 Å². The molecule has 0 aliphatic rings. The van der Waals surface area contributed by atoms with Gasteiger partial charge in [0, 0.05) is 11.1 Å². The summed E-state index contributed by atoms with van der Waals surface area (Å²) in [6.07, 6.45) is 4.44. The largest absolute Gasteiger partial charge is 0.374 e. The van der Waals surface area contributed by atoms with Crippen LogP contribution in [0.5, 0.6) is 0 Å². The Hall–Kier alpha value is -3.84. The van der Waals surface area contributed by atoms with Crippen LogP contribution < -0.4 is 5.32 Å². The van der Waals surface area contributed by atoms with Gasteiger partial charge >= 0.3 is 0 Å². The third-order valence-electron chi connectivity index (χ3n) is 5.51. The van der Waals surface area contributed by atoms with Gasteiger partial charge in [-0.05, 0) is 39.4 Å². The summed E-state index contributed by atoms with van der Waals surface area (Å²) in [5.74, 6) is 0. The Morgan fingerprint density at radius 1 is 0.567 bits per heavy atom. The van der Waals surface area contributed by atoms with E-state index in [0.717, 1.165) is 5.69 Å². The first-order chi connectivity index (χ1) is 14.9. The molecule has 0 saturated heterocycles. The van der Waals surface area contributed by atoms with Gasteiger partial charge in [-0.15, -0.1) is 0 Å². The van der Waals surface area contributed by atoms with Gasteiger partial charge in [0.25, 0.3) is 0 Å². The van der Waals surface area contributed by atoms with E-state index in [0.29, 0.717) is 0 Å². The molecule has 30 heavy (non-hydrogen) atoms. The van der Waals surface area contributed by atoms with Crippen molar-refractivity contribution in [2.24, 2.45) is 0 Å². The molecule has 0 radical (unpaired) electrons. The van der Waals surface area contributed by atoms with Crippen molar-refractivity contribution in [3.63, 3.8) is 0 Å². The molecule has 1 unspecified atom stereocenters. The van der Waals surface area contributed by atoms with E-state index < -0.39 is 0 Å². The Balaban J connectivity index is 1.57. The highest BCUT2D eigenvalue weighted by Crippen LogP contribution is 2.29. The van der Waals surface area contributed by atoms with Crippen molar-refractivity contribution in [1.82, 2.24) is 0 Å². The van der Waals surface area contributed by atoms with Crippen LogP contribution in [0.15, 0.2) is 121 Å². The summed E-state index contributed by atoms with van der Waals surface area (Å²) in [5.41, 5.74) is 3.58. The molecule has 0 aliphatic heterocycles. The van der Waals surface area contributed by atoms with Gasteiger partial charge in [-0.2, -0.15) is 0 Å². The van der Waals surface area contributed by atoms with Crippen LogP contribution in [0.25, 0.3) is 27.6 Å². The number of rotatable bonds is 5. The highest BCUT2D eigenvalue weighted by molar-refractivity contribution is 5.94. The fourth-order valence-corrected chi connectivity index (χ4v) is 3.93. The Morgan fingerprint density at radius 3 is 2.13 bits per heavy atom. The van der Waals surface area contributed by atoms with Crippen LogP contribution in [-0.4, -0.2) is 0 Å². The lowest BCUT2D eigenvalue weighted by molar-refractivity contribution is 0.996. The van der Waals surface area contributed by atoms with Crippen molar-refractivity contribution in [2.75, 3.05) is 5.32 Å². The molecule has 0 spiro atoms. The first-order valence-electron chi connectivity index (χ1n) is 10.3. The topological polar surface area (TPSA) is 12.0 Å². The SMILES string of the molecule is C(=CC(Nc1cccc2ccccc12)c1ccc2ccccc2c1)c1ccccc1. The lowest BCUT2D eigenvalue weighted by Crippen LogP contribution is -2.08. The summed E-state index contributed by atoms with van der Waals surface area (Å²) in [7, 11) is 0. The molecule has 0 amide bonds. The number of anilines is 1. The second-order valence-corrected chi connectivity index (χ2v) is 7.53. The van der Waals surface area contributed by atoms with Gasteiger partial charge in [-0.3, -0.25) is 0 Å². The van der Waals surface area contributed by atoms with Gasteiger partial charge in [0.05, 0.1) is 6.04 Å².